The van der Waals surface area contributed by atoms with Crippen LogP contribution in [0.15, 0.2) is 24.3 Å². The van der Waals surface area contributed by atoms with Crippen LogP contribution < -0.4 is 15.8 Å². The maximum absolute atomic E-state index is 12.9. The van der Waals surface area contributed by atoms with E-state index in [1.165, 1.54) is 0 Å². The summed E-state index contributed by atoms with van der Waals surface area (Å²) in [4.78, 5) is 29.1. The van der Waals surface area contributed by atoms with Crippen LogP contribution in [0.4, 0.5) is 5.69 Å². The molecule has 156 valence electrons. The van der Waals surface area contributed by atoms with E-state index in [-0.39, 0.29) is 29.8 Å². The van der Waals surface area contributed by atoms with Crippen LogP contribution in [0.1, 0.15) is 33.6 Å². The number of para-hydroxylation sites is 2. The van der Waals surface area contributed by atoms with E-state index in [1.807, 2.05) is 19.1 Å². The number of piperidine rings is 1. The number of hydrogen-bond acceptors (Lipinski definition) is 5. The van der Waals surface area contributed by atoms with Crippen LogP contribution >= 0.6 is 0 Å². The van der Waals surface area contributed by atoms with Gasteiger partial charge in [0.1, 0.15) is 5.75 Å². The average Bonchev–Trinajstić information content (AvgIpc) is 2.64. The van der Waals surface area contributed by atoms with E-state index in [0.717, 1.165) is 25.9 Å². The van der Waals surface area contributed by atoms with Crippen LogP contribution in [0.25, 0.3) is 0 Å². The Bertz CT molecular complexity index is 677. The highest BCUT2D eigenvalue weighted by molar-refractivity contribution is 5.95. The van der Waals surface area contributed by atoms with Gasteiger partial charge in [-0.2, -0.15) is 0 Å². The summed E-state index contributed by atoms with van der Waals surface area (Å²) in [6.45, 7) is 8.77. The lowest BCUT2D eigenvalue weighted by Gasteiger charge is -2.42. The molecule has 1 fully saturated rings. The molecular formula is C21H34N4O3. The van der Waals surface area contributed by atoms with Gasteiger partial charge in [-0.3, -0.25) is 14.5 Å². The van der Waals surface area contributed by atoms with Crippen molar-refractivity contribution in [3.05, 3.63) is 24.3 Å². The number of amides is 2. The molecule has 7 nitrogen and oxygen atoms in total. The maximum atomic E-state index is 12.9. The van der Waals surface area contributed by atoms with Crippen LogP contribution in [0.2, 0.25) is 0 Å². The fraction of sp³-hybridized carbons (Fsp3) is 0.619. The van der Waals surface area contributed by atoms with E-state index in [9.17, 15) is 9.59 Å². The Kier molecular flexibility index (Phi) is 7.83. The number of likely N-dealkylation sites (tertiary alicyclic amines) is 1. The van der Waals surface area contributed by atoms with Crippen molar-refractivity contribution in [1.29, 1.82) is 0 Å². The van der Waals surface area contributed by atoms with E-state index in [0.29, 0.717) is 24.5 Å². The molecule has 3 N–H and O–H groups in total. The smallest absolute Gasteiger partial charge is 0.244 e. The third-order valence-corrected chi connectivity index (χ3v) is 5.31. The van der Waals surface area contributed by atoms with Gasteiger partial charge in [0.15, 0.2) is 0 Å². The molecule has 1 unspecified atom stereocenters. The predicted molar refractivity (Wildman–Crippen MR) is 111 cm³/mol. The summed E-state index contributed by atoms with van der Waals surface area (Å²) in [5, 5.41) is 2.84. The van der Waals surface area contributed by atoms with E-state index in [1.54, 1.807) is 24.1 Å². The van der Waals surface area contributed by atoms with E-state index >= 15 is 0 Å². The van der Waals surface area contributed by atoms with Crippen LogP contribution in [0.3, 0.4) is 0 Å². The zero-order valence-corrected chi connectivity index (χ0v) is 17.5. The van der Waals surface area contributed by atoms with Crippen LogP contribution in [0, 0.1) is 5.41 Å². The van der Waals surface area contributed by atoms with Crippen molar-refractivity contribution in [2.24, 2.45) is 11.1 Å². The van der Waals surface area contributed by atoms with Crippen molar-refractivity contribution >= 4 is 17.5 Å². The standard InChI is InChI=1S/C21H34N4O3/c1-5-11-25(13-19(26)23-16-8-6-7-9-17(16)28-4)20(27)14-24-12-10-18(22)21(2,3)15-24/h6-9,18H,5,10-15,22H2,1-4H3,(H,23,26). The minimum Gasteiger partial charge on any atom is -0.495 e. The molecule has 0 radical (unpaired) electrons. The number of nitrogens with one attached hydrogen (secondary N) is 1. The molecule has 1 aromatic rings. The first-order valence-corrected chi connectivity index (χ1v) is 9.95. The first kappa shape index (κ1) is 22.2. The number of benzene rings is 1. The Morgan fingerprint density at radius 1 is 1.36 bits per heavy atom. The highest BCUT2D eigenvalue weighted by Crippen LogP contribution is 2.27. The van der Waals surface area contributed by atoms with Crippen molar-refractivity contribution < 1.29 is 14.3 Å². The second-order valence-electron chi connectivity index (χ2n) is 8.16. The second kappa shape index (κ2) is 9.89. The Morgan fingerprint density at radius 3 is 2.71 bits per heavy atom. The molecule has 2 amide bonds. The average molecular weight is 391 g/mol. The molecule has 1 aliphatic rings. The van der Waals surface area contributed by atoms with Gasteiger partial charge in [0.05, 0.1) is 25.9 Å². The molecular weight excluding hydrogens is 356 g/mol. The number of hydrogen-bond donors (Lipinski definition) is 2. The number of rotatable bonds is 8. The zero-order chi connectivity index (χ0) is 20.7. The summed E-state index contributed by atoms with van der Waals surface area (Å²) in [6.07, 6.45) is 1.67. The predicted octanol–water partition coefficient (Wildman–Crippen LogP) is 1.93. The molecule has 0 spiro atoms. The van der Waals surface area contributed by atoms with Gasteiger partial charge >= 0.3 is 0 Å². The highest BCUT2D eigenvalue weighted by atomic mass is 16.5. The number of anilines is 1. The van der Waals surface area contributed by atoms with Gasteiger partial charge in [-0.15, -0.1) is 0 Å². The molecule has 1 heterocycles. The summed E-state index contributed by atoms with van der Waals surface area (Å²) < 4.78 is 5.26. The van der Waals surface area contributed by atoms with Crippen molar-refractivity contribution in [3.63, 3.8) is 0 Å². The lowest BCUT2D eigenvalue weighted by atomic mass is 9.80. The molecule has 0 aliphatic carbocycles. The molecule has 2 rings (SSSR count). The topological polar surface area (TPSA) is 87.9 Å². The molecule has 28 heavy (non-hydrogen) atoms. The van der Waals surface area contributed by atoms with Crippen LogP contribution in [-0.4, -0.2) is 67.5 Å². The lowest BCUT2D eigenvalue weighted by molar-refractivity contribution is -0.136. The van der Waals surface area contributed by atoms with Gasteiger partial charge in [-0.05, 0) is 30.4 Å². The summed E-state index contributed by atoms with van der Waals surface area (Å²) in [5.41, 5.74) is 6.77. The summed E-state index contributed by atoms with van der Waals surface area (Å²) >= 11 is 0. The monoisotopic (exact) mass is 390 g/mol. The van der Waals surface area contributed by atoms with Crippen molar-refractivity contribution in [2.75, 3.05) is 45.2 Å². The fourth-order valence-electron chi connectivity index (χ4n) is 3.58. The Labute approximate surface area is 168 Å². The van der Waals surface area contributed by atoms with Gasteiger partial charge in [-0.25, -0.2) is 0 Å². The van der Waals surface area contributed by atoms with Gasteiger partial charge < -0.3 is 20.7 Å². The zero-order valence-electron chi connectivity index (χ0n) is 17.5. The number of nitrogens with two attached hydrogens (primary N) is 1. The third kappa shape index (κ3) is 5.94. The van der Waals surface area contributed by atoms with Crippen molar-refractivity contribution in [3.8, 4) is 5.75 Å². The van der Waals surface area contributed by atoms with Crippen molar-refractivity contribution in [2.45, 2.75) is 39.7 Å². The van der Waals surface area contributed by atoms with E-state index in [4.69, 9.17) is 10.5 Å². The first-order chi connectivity index (χ1) is 13.3. The molecule has 0 aromatic heterocycles. The van der Waals surface area contributed by atoms with Gasteiger partial charge in [0, 0.05) is 25.7 Å². The maximum Gasteiger partial charge on any atom is 0.244 e. The third-order valence-electron chi connectivity index (χ3n) is 5.31. The second-order valence-corrected chi connectivity index (χ2v) is 8.16. The van der Waals surface area contributed by atoms with E-state index in [2.05, 4.69) is 24.1 Å². The number of ether oxygens (including phenoxy) is 1. The van der Waals surface area contributed by atoms with Gasteiger partial charge in [-0.1, -0.05) is 32.9 Å². The van der Waals surface area contributed by atoms with Crippen molar-refractivity contribution in [1.82, 2.24) is 9.80 Å². The molecule has 1 saturated heterocycles. The Balaban J connectivity index is 1.96. The quantitative estimate of drug-likeness (QED) is 0.708. The Morgan fingerprint density at radius 2 is 2.07 bits per heavy atom. The first-order valence-electron chi connectivity index (χ1n) is 9.95. The Hall–Kier alpha value is -2.12. The molecule has 7 heteroatoms. The lowest BCUT2D eigenvalue weighted by Crippen LogP contribution is -2.54. The minimum absolute atomic E-state index is 0.0185. The van der Waals surface area contributed by atoms with Gasteiger partial charge in [0.25, 0.3) is 0 Å². The fourth-order valence-corrected chi connectivity index (χ4v) is 3.58. The molecule has 0 saturated carbocycles. The number of methoxy groups -OCH3 is 1. The number of carbonyl (C=O) groups is 2. The minimum atomic E-state index is -0.229. The van der Waals surface area contributed by atoms with Gasteiger partial charge in [0.2, 0.25) is 11.8 Å². The molecule has 1 atom stereocenters. The highest BCUT2D eigenvalue weighted by Gasteiger charge is 2.34. The number of carbonyl (C=O) groups excluding carboxylic acids is 2. The van der Waals surface area contributed by atoms with E-state index < -0.39 is 0 Å². The van der Waals surface area contributed by atoms with Crippen LogP contribution in [-0.2, 0) is 9.59 Å². The molecule has 0 bridgehead atoms. The van der Waals surface area contributed by atoms with Crippen LogP contribution in [0.5, 0.6) is 5.75 Å². The largest absolute Gasteiger partial charge is 0.495 e. The number of nitrogens with zero attached hydrogens (tertiary/aromatic N) is 2. The summed E-state index contributed by atoms with van der Waals surface area (Å²) in [6, 6.07) is 7.38. The SMILES string of the molecule is CCCN(CC(=O)Nc1ccccc1OC)C(=O)CN1CCC(N)C(C)(C)C1. The molecule has 1 aliphatic heterocycles. The summed E-state index contributed by atoms with van der Waals surface area (Å²) in [5.74, 6) is 0.340. The summed E-state index contributed by atoms with van der Waals surface area (Å²) in [7, 11) is 1.56. The normalized spacial score (nSPS) is 19.1. The molecule has 1 aromatic carbocycles.